The van der Waals surface area contributed by atoms with Crippen LogP contribution in [0.15, 0.2) is 4.99 Å². The van der Waals surface area contributed by atoms with Gasteiger partial charge in [-0.15, -0.1) is 10.2 Å². The van der Waals surface area contributed by atoms with Gasteiger partial charge in [-0.05, 0) is 39.0 Å². The number of ether oxygens (including phenoxy) is 1. The van der Waals surface area contributed by atoms with Crippen molar-refractivity contribution in [1.82, 2.24) is 25.0 Å². The van der Waals surface area contributed by atoms with Crippen LogP contribution in [0.1, 0.15) is 56.6 Å². The second-order valence-electron chi connectivity index (χ2n) is 8.03. The molecular formula is C19H32N6O. The number of nitrogens with zero attached hydrogens (tertiary/aromatic N) is 5. The highest BCUT2D eigenvalue weighted by Crippen LogP contribution is 2.28. The number of guanidine groups is 1. The van der Waals surface area contributed by atoms with E-state index in [0.29, 0.717) is 24.6 Å². The van der Waals surface area contributed by atoms with Crippen molar-refractivity contribution in [2.45, 2.75) is 70.6 Å². The maximum Gasteiger partial charge on any atom is 0.194 e. The maximum absolute atomic E-state index is 5.98. The quantitative estimate of drug-likeness (QED) is 0.660. The van der Waals surface area contributed by atoms with Crippen LogP contribution < -0.4 is 5.32 Å². The van der Waals surface area contributed by atoms with E-state index in [2.05, 4.69) is 20.4 Å². The molecule has 7 heteroatoms. The molecular weight excluding hydrogens is 328 g/mol. The van der Waals surface area contributed by atoms with E-state index in [0.717, 1.165) is 43.7 Å². The molecule has 2 unspecified atom stereocenters. The number of hydrogen-bond donors (Lipinski definition) is 1. The van der Waals surface area contributed by atoms with Crippen LogP contribution in [0.3, 0.4) is 0 Å². The van der Waals surface area contributed by atoms with Gasteiger partial charge in [0.15, 0.2) is 11.8 Å². The van der Waals surface area contributed by atoms with Gasteiger partial charge in [-0.3, -0.25) is 0 Å². The molecule has 7 nitrogen and oxygen atoms in total. The van der Waals surface area contributed by atoms with Crippen LogP contribution in [-0.4, -0.2) is 57.5 Å². The summed E-state index contributed by atoms with van der Waals surface area (Å²) in [6.07, 6.45) is 9.19. The van der Waals surface area contributed by atoms with E-state index in [4.69, 9.17) is 9.73 Å². The van der Waals surface area contributed by atoms with E-state index >= 15 is 0 Å². The van der Waals surface area contributed by atoms with Crippen LogP contribution in [0.5, 0.6) is 0 Å². The van der Waals surface area contributed by atoms with Crippen molar-refractivity contribution in [3.05, 3.63) is 11.6 Å². The summed E-state index contributed by atoms with van der Waals surface area (Å²) in [5.41, 5.74) is 0. The second kappa shape index (κ2) is 7.94. The Morgan fingerprint density at radius 2 is 2.04 bits per heavy atom. The van der Waals surface area contributed by atoms with Gasteiger partial charge in [-0.2, -0.15) is 0 Å². The van der Waals surface area contributed by atoms with Gasteiger partial charge in [-0.1, -0.05) is 12.8 Å². The molecule has 2 saturated heterocycles. The minimum atomic E-state index is 0.453. The summed E-state index contributed by atoms with van der Waals surface area (Å²) < 4.78 is 8.01. The molecule has 1 aromatic rings. The molecule has 1 aromatic heterocycles. The summed E-state index contributed by atoms with van der Waals surface area (Å²) in [6, 6.07) is 0.565. The highest BCUT2D eigenvalue weighted by atomic mass is 16.5. The third-order valence-corrected chi connectivity index (χ3v) is 6.26. The number of rotatable bonds is 3. The van der Waals surface area contributed by atoms with Crippen LogP contribution in [-0.2, 0) is 18.3 Å². The second-order valence-corrected chi connectivity index (χ2v) is 8.03. The zero-order valence-electron chi connectivity index (χ0n) is 16.2. The van der Waals surface area contributed by atoms with E-state index in [-0.39, 0.29) is 0 Å². The Bertz CT molecular complexity index is 636. The van der Waals surface area contributed by atoms with E-state index in [1.807, 2.05) is 18.5 Å². The monoisotopic (exact) mass is 360 g/mol. The number of aryl methyl sites for hydroxylation is 1. The largest absolute Gasteiger partial charge is 0.378 e. The van der Waals surface area contributed by atoms with Gasteiger partial charge < -0.3 is 19.5 Å². The lowest BCUT2D eigenvalue weighted by Gasteiger charge is -2.42. The maximum atomic E-state index is 5.98. The zero-order valence-corrected chi connectivity index (χ0v) is 16.2. The minimum absolute atomic E-state index is 0.453. The fourth-order valence-corrected chi connectivity index (χ4v) is 4.50. The lowest BCUT2D eigenvalue weighted by atomic mass is 9.88. The first-order chi connectivity index (χ1) is 12.7. The Morgan fingerprint density at radius 3 is 2.81 bits per heavy atom. The molecule has 0 spiro atoms. The molecule has 1 N–H and O–H groups in total. The molecule has 0 aromatic carbocycles. The number of likely N-dealkylation sites (tertiary alicyclic amines) is 1. The Hall–Kier alpha value is -1.63. The molecule has 3 fully saturated rings. The first-order valence-electron chi connectivity index (χ1n) is 10.2. The molecule has 144 valence electrons. The molecule has 3 aliphatic rings. The fraction of sp³-hybridized carbons (Fsp3) is 0.842. The third kappa shape index (κ3) is 3.87. The van der Waals surface area contributed by atoms with Crippen molar-refractivity contribution in [1.29, 1.82) is 0 Å². The predicted octanol–water partition coefficient (Wildman–Crippen LogP) is 2.01. The van der Waals surface area contributed by atoms with Gasteiger partial charge in [0.2, 0.25) is 0 Å². The lowest BCUT2D eigenvalue weighted by Crippen LogP contribution is -2.53. The van der Waals surface area contributed by atoms with Crippen molar-refractivity contribution in [3.63, 3.8) is 0 Å². The smallest absolute Gasteiger partial charge is 0.194 e. The van der Waals surface area contributed by atoms with Crippen LogP contribution >= 0.6 is 0 Å². The van der Waals surface area contributed by atoms with Crippen LogP contribution in [0, 0.1) is 12.8 Å². The number of nitrogens with one attached hydrogen (secondary N) is 1. The standard InChI is InChI=1S/C19H32N6O/c1-14-22-23-18(24(14)2)12-20-19(21-16-7-3-4-8-16)25-10-9-17-15(13-25)6-5-11-26-17/h15-17H,3-13H2,1-2H3,(H,20,21). The Kier molecular flexibility index (Phi) is 5.43. The van der Waals surface area contributed by atoms with Gasteiger partial charge in [0.05, 0.1) is 6.10 Å². The summed E-state index contributed by atoms with van der Waals surface area (Å²) in [5, 5.41) is 12.2. The number of fused-ring (bicyclic) bond motifs is 1. The minimum Gasteiger partial charge on any atom is -0.378 e. The van der Waals surface area contributed by atoms with E-state index < -0.39 is 0 Å². The van der Waals surface area contributed by atoms with Crippen molar-refractivity contribution < 1.29 is 4.74 Å². The lowest BCUT2D eigenvalue weighted by molar-refractivity contribution is -0.0560. The van der Waals surface area contributed by atoms with E-state index in [1.165, 1.54) is 38.5 Å². The van der Waals surface area contributed by atoms with Crippen molar-refractivity contribution >= 4 is 5.96 Å². The predicted molar refractivity (Wildman–Crippen MR) is 101 cm³/mol. The van der Waals surface area contributed by atoms with Gasteiger partial charge in [0.1, 0.15) is 12.4 Å². The molecule has 26 heavy (non-hydrogen) atoms. The van der Waals surface area contributed by atoms with Crippen molar-refractivity contribution in [3.8, 4) is 0 Å². The Morgan fingerprint density at radius 1 is 1.19 bits per heavy atom. The summed E-state index contributed by atoms with van der Waals surface area (Å²) in [4.78, 5) is 7.42. The number of piperidine rings is 1. The zero-order chi connectivity index (χ0) is 17.9. The normalized spacial score (nSPS) is 27.6. The summed E-state index contributed by atoms with van der Waals surface area (Å²) >= 11 is 0. The van der Waals surface area contributed by atoms with Crippen LogP contribution in [0.4, 0.5) is 0 Å². The first kappa shape index (κ1) is 17.8. The molecule has 3 heterocycles. The van der Waals surface area contributed by atoms with Gasteiger partial charge in [0, 0.05) is 38.7 Å². The van der Waals surface area contributed by atoms with E-state index in [9.17, 15) is 0 Å². The molecule has 1 saturated carbocycles. The third-order valence-electron chi connectivity index (χ3n) is 6.26. The molecule has 2 aliphatic heterocycles. The summed E-state index contributed by atoms with van der Waals surface area (Å²) in [6.45, 7) is 5.58. The molecule has 0 radical (unpaired) electrons. The first-order valence-corrected chi connectivity index (χ1v) is 10.2. The van der Waals surface area contributed by atoms with Gasteiger partial charge in [0.25, 0.3) is 0 Å². The fourth-order valence-electron chi connectivity index (χ4n) is 4.50. The van der Waals surface area contributed by atoms with Crippen molar-refractivity contribution in [2.75, 3.05) is 19.7 Å². The number of aliphatic imine (C=N–C) groups is 1. The molecule has 2 atom stereocenters. The highest BCUT2D eigenvalue weighted by molar-refractivity contribution is 5.80. The highest BCUT2D eigenvalue weighted by Gasteiger charge is 2.34. The molecule has 0 bridgehead atoms. The van der Waals surface area contributed by atoms with Crippen LogP contribution in [0.2, 0.25) is 0 Å². The average molecular weight is 361 g/mol. The SMILES string of the molecule is Cc1nnc(CN=C(NC2CCCC2)N2CCC3OCCCC3C2)n1C. The Balaban J connectivity index is 1.48. The number of aromatic nitrogens is 3. The summed E-state index contributed by atoms with van der Waals surface area (Å²) in [7, 11) is 2.01. The molecule has 4 rings (SSSR count). The van der Waals surface area contributed by atoms with Crippen molar-refractivity contribution in [2.24, 2.45) is 18.0 Å². The molecule has 0 amide bonds. The summed E-state index contributed by atoms with van der Waals surface area (Å²) in [5.74, 6) is 3.55. The average Bonchev–Trinajstić information content (AvgIpc) is 3.29. The van der Waals surface area contributed by atoms with Gasteiger partial charge in [-0.25, -0.2) is 4.99 Å². The number of hydrogen-bond acceptors (Lipinski definition) is 4. The van der Waals surface area contributed by atoms with Gasteiger partial charge >= 0.3 is 0 Å². The molecule has 1 aliphatic carbocycles. The van der Waals surface area contributed by atoms with Crippen LogP contribution in [0.25, 0.3) is 0 Å². The topological polar surface area (TPSA) is 67.6 Å². The van der Waals surface area contributed by atoms with E-state index in [1.54, 1.807) is 0 Å². The Labute approximate surface area is 156 Å².